The van der Waals surface area contributed by atoms with Gasteiger partial charge in [-0.05, 0) is 13.0 Å². The molecule has 100 valence electrons. The molecule has 0 aliphatic rings. The molecular weight excluding hydrogens is 260 g/mol. The zero-order chi connectivity index (χ0) is 13.8. The zero-order valence-electron chi connectivity index (χ0n) is 11.2. The van der Waals surface area contributed by atoms with Crippen LogP contribution >= 0.6 is 11.3 Å². The van der Waals surface area contributed by atoms with E-state index >= 15 is 0 Å². The summed E-state index contributed by atoms with van der Waals surface area (Å²) in [6.45, 7) is 1.92. The van der Waals surface area contributed by atoms with Gasteiger partial charge >= 0.3 is 0 Å². The minimum Gasteiger partial charge on any atom is -0.496 e. The van der Waals surface area contributed by atoms with Crippen LogP contribution in [0.5, 0.6) is 5.75 Å². The van der Waals surface area contributed by atoms with Crippen molar-refractivity contribution in [2.24, 2.45) is 0 Å². The van der Waals surface area contributed by atoms with Gasteiger partial charge in [0.15, 0.2) is 5.13 Å². The van der Waals surface area contributed by atoms with E-state index in [-0.39, 0.29) is 5.91 Å². The van der Waals surface area contributed by atoms with E-state index in [1.165, 1.54) is 11.3 Å². The summed E-state index contributed by atoms with van der Waals surface area (Å²) >= 11 is 1.47. The molecule has 0 radical (unpaired) electrons. The lowest BCUT2D eigenvalue weighted by atomic mass is 10.1. The van der Waals surface area contributed by atoms with Crippen LogP contribution in [-0.4, -0.2) is 25.0 Å². The van der Waals surface area contributed by atoms with Crippen molar-refractivity contribution in [2.45, 2.75) is 13.3 Å². The molecule has 0 unspecified atom stereocenters. The molecule has 2 rings (SSSR count). The molecule has 4 nitrogen and oxygen atoms in total. The Labute approximate surface area is 116 Å². The average molecular weight is 276 g/mol. The number of aromatic nitrogens is 1. The van der Waals surface area contributed by atoms with Gasteiger partial charge in [-0.15, -0.1) is 11.3 Å². The maximum Gasteiger partial charge on any atom is 0.233 e. The van der Waals surface area contributed by atoms with Crippen molar-refractivity contribution in [1.29, 1.82) is 0 Å². The van der Waals surface area contributed by atoms with Gasteiger partial charge in [0.1, 0.15) is 5.75 Å². The largest absolute Gasteiger partial charge is 0.496 e. The monoisotopic (exact) mass is 276 g/mol. The summed E-state index contributed by atoms with van der Waals surface area (Å²) < 4.78 is 5.25. The lowest BCUT2D eigenvalue weighted by Crippen LogP contribution is -2.27. The molecule has 0 bridgehead atoms. The van der Waals surface area contributed by atoms with Crippen molar-refractivity contribution < 1.29 is 9.53 Å². The molecule has 0 aliphatic heterocycles. The number of benzene rings is 1. The van der Waals surface area contributed by atoms with Crippen LogP contribution in [0.3, 0.4) is 0 Å². The van der Waals surface area contributed by atoms with Gasteiger partial charge in [0.05, 0.1) is 19.2 Å². The van der Waals surface area contributed by atoms with Gasteiger partial charge in [-0.3, -0.25) is 9.69 Å². The second kappa shape index (κ2) is 5.84. The standard InChI is InChI=1S/C14H16N2O2S/c1-10-9-19-14(15-10)16(2)13(17)8-11-6-4-5-7-12(11)18-3/h4-7,9H,8H2,1-3H3. The molecular formula is C14H16N2O2S. The van der Waals surface area contributed by atoms with E-state index < -0.39 is 0 Å². The van der Waals surface area contributed by atoms with E-state index in [1.54, 1.807) is 19.1 Å². The van der Waals surface area contributed by atoms with Crippen LogP contribution in [0.2, 0.25) is 0 Å². The van der Waals surface area contributed by atoms with Crippen molar-refractivity contribution in [3.8, 4) is 5.75 Å². The van der Waals surface area contributed by atoms with Crippen LogP contribution in [0, 0.1) is 6.92 Å². The van der Waals surface area contributed by atoms with Crippen molar-refractivity contribution >= 4 is 22.4 Å². The summed E-state index contributed by atoms with van der Waals surface area (Å²) in [5, 5.41) is 2.65. The Kier molecular flexibility index (Phi) is 4.16. The fraction of sp³-hybridized carbons (Fsp3) is 0.286. The summed E-state index contributed by atoms with van der Waals surface area (Å²) in [5.41, 5.74) is 1.81. The third-order valence-corrected chi connectivity index (χ3v) is 3.84. The molecule has 0 atom stereocenters. The average Bonchev–Trinajstić information content (AvgIpc) is 2.85. The van der Waals surface area contributed by atoms with Crippen LogP contribution < -0.4 is 9.64 Å². The van der Waals surface area contributed by atoms with Crippen molar-refractivity contribution in [3.05, 3.63) is 40.9 Å². The third kappa shape index (κ3) is 3.12. The number of para-hydroxylation sites is 1. The van der Waals surface area contributed by atoms with Crippen LogP contribution in [-0.2, 0) is 11.2 Å². The number of ether oxygens (including phenoxy) is 1. The Morgan fingerprint density at radius 1 is 1.42 bits per heavy atom. The van der Waals surface area contributed by atoms with Crippen LogP contribution in [0.15, 0.2) is 29.6 Å². The van der Waals surface area contributed by atoms with Crippen molar-refractivity contribution in [1.82, 2.24) is 4.98 Å². The third-order valence-electron chi connectivity index (χ3n) is 2.80. The molecule has 1 amide bonds. The van der Waals surface area contributed by atoms with E-state index in [9.17, 15) is 4.79 Å². The fourth-order valence-electron chi connectivity index (χ4n) is 1.73. The molecule has 1 aromatic carbocycles. The second-order valence-electron chi connectivity index (χ2n) is 4.21. The Morgan fingerprint density at radius 2 is 2.16 bits per heavy atom. The molecule has 0 aliphatic carbocycles. The number of aryl methyl sites for hydroxylation is 1. The van der Waals surface area contributed by atoms with Crippen LogP contribution in [0.4, 0.5) is 5.13 Å². The quantitative estimate of drug-likeness (QED) is 0.862. The summed E-state index contributed by atoms with van der Waals surface area (Å²) in [6.07, 6.45) is 0.305. The van der Waals surface area contributed by atoms with E-state index in [1.807, 2.05) is 36.6 Å². The maximum absolute atomic E-state index is 12.2. The van der Waals surface area contributed by atoms with Gasteiger partial charge in [-0.1, -0.05) is 18.2 Å². The molecule has 0 spiro atoms. The smallest absolute Gasteiger partial charge is 0.233 e. The zero-order valence-corrected chi connectivity index (χ0v) is 12.0. The van der Waals surface area contributed by atoms with E-state index in [2.05, 4.69) is 4.98 Å². The molecule has 0 saturated carbocycles. The number of carbonyl (C=O) groups is 1. The van der Waals surface area contributed by atoms with Crippen molar-refractivity contribution in [2.75, 3.05) is 19.1 Å². The number of rotatable bonds is 4. The van der Waals surface area contributed by atoms with Gasteiger partial charge in [-0.2, -0.15) is 0 Å². The summed E-state index contributed by atoms with van der Waals surface area (Å²) in [4.78, 5) is 18.1. The lowest BCUT2D eigenvalue weighted by Gasteiger charge is -2.15. The molecule has 0 saturated heterocycles. The highest BCUT2D eigenvalue weighted by molar-refractivity contribution is 7.14. The molecule has 1 aromatic heterocycles. The minimum absolute atomic E-state index is 0.00106. The first-order chi connectivity index (χ1) is 9.11. The first-order valence-electron chi connectivity index (χ1n) is 5.92. The summed E-state index contributed by atoms with van der Waals surface area (Å²) in [7, 11) is 3.35. The molecule has 2 aromatic rings. The second-order valence-corrected chi connectivity index (χ2v) is 5.05. The highest BCUT2D eigenvalue weighted by Crippen LogP contribution is 2.22. The van der Waals surface area contributed by atoms with E-state index in [0.29, 0.717) is 6.42 Å². The van der Waals surface area contributed by atoms with Gasteiger partial charge < -0.3 is 4.74 Å². The lowest BCUT2D eigenvalue weighted by molar-refractivity contribution is -0.117. The van der Waals surface area contributed by atoms with Crippen LogP contribution in [0.1, 0.15) is 11.3 Å². The Morgan fingerprint density at radius 3 is 2.79 bits per heavy atom. The SMILES string of the molecule is COc1ccccc1CC(=O)N(C)c1nc(C)cs1. The number of hydrogen-bond donors (Lipinski definition) is 0. The molecule has 19 heavy (non-hydrogen) atoms. The number of thiazole rings is 1. The van der Waals surface area contributed by atoms with Crippen molar-refractivity contribution in [3.63, 3.8) is 0 Å². The number of nitrogens with zero attached hydrogens (tertiary/aromatic N) is 2. The van der Waals surface area contributed by atoms with Gasteiger partial charge in [0.2, 0.25) is 5.91 Å². The first kappa shape index (κ1) is 13.5. The predicted molar refractivity (Wildman–Crippen MR) is 77.0 cm³/mol. The van der Waals surface area contributed by atoms with Gasteiger partial charge in [0, 0.05) is 18.0 Å². The maximum atomic E-state index is 12.2. The Bertz CT molecular complexity index is 580. The summed E-state index contributed by atoms with van der Waals surface area (Å²) in [6, 6.07) is 7.55. The molecule has 5 heteroatoms. The van der Waals surface area contributed by atoms with E-state index in [0.717, 1.165) is 22.1 Å². The molecule has 0 N–H and O–H groups in total. The van der Waals surface area contributed by atoms with E-state index in [4.69, 9.17) is 4.74 Å². The normalized spacial score (nSPS) is 10.3. The number of hydrogen-bond acceptors (Lipinski definition) is 4. The number of carbonyl (C=O) groups excluding carboxylic acids is 1. The number of anilines is 1. The fourth-order valence-corrected chi connectivity index (χ4v) is 2.52. The number of amides is 1. The number of likely N-dealkylation sites (N-methyl/N-ethyl adjacent to an activating group) is 1. The topological polar surface area (TPSA) is 42.4 Å². The molecule has 1 heterocycles. The van der Waals surface area contributed by atoms with Gasteiger partial charge in [-0.25, -0.2) is 4.98 Å². The highest BCUT2D eigenvalue weighted by Gasteiger charge is 2.16. The number of methoxy groups -OCH3 is 1. The highest BCUT2D eigenvalue weighted by atomic mass is 32.1. The summed E-state index contributed by atoms with van der Waals surface area (Å²) in [5.74, 6) is 0.735. The minimum atomic E-state index is -0.00106. The Balaban J connectivity index is 2.12. The Hall–Kier alpha value is -1.88. The van der Waals surface area contributed by atoms with Gasteiger partial charge in [0.25, 0.3) is 0 Å². The first-order valence-corrected chi connectivity index (χ1v) is 6.80. The van der Waals surface area contributed by atoms with Crippen LogP contribution in [0.25, 0.3) is 0 Å². The molecule has 0 fully saturated rings. The predicted octanol–water partition coefficient (Wildman–Crippen LogP) is 2.67.